The average molecular weight is 543 g/mol. The molecule has 0 unspecified atom stereocenters. The Labute approximate surface area is 224 Å². The molecule has 0 bridgehead atoms. The largest absolute Gasteiger partial charge is 0.465 e. The molecule has 0 fully saturated rings. The Hall–Kier alpha value is -4.50. The van der Waals surface area contributed by atoms with Gasteiger partial charge in [0.05, 0.1) is 34.2 Å². The second kappa shape index (κ2) is 9.06. The van der Waals surface area contributed by atoms with Crippen LogP contribution in [0.2, 0.25) is 0 Å². The maximum absolute atomic E-state index is 14.1. The molecule has 7 nitrogen and oxygen atoms in total. The number of carbonyl (C=O) groups excluding carboxylic acids is 2. The molecule has 0 saturated heterocycles. The van der Waals surface area contributed by atoms with Crippen LogP contribution in [0.5, 0.6) is 0 Å². The van der Waals surface area contributed by atoms with Gasteiger partial charge in [0.25, 0.3) is 15.9 Å². The third kappa shape index (κ3) is 3.88. The average Bonchev–Trinajstić information content (AvgIpc) is 3.42. The first kappa shape index (κ1) is 24.8. The number of hydrogen-bond acceptors (Lipinski definition) is 5. The summed E-state index contributed by atoms with van der Waals surface area (Å²) in [5.74, 6) is -1.45. The van der Waals surface area contributed by atoms with Gasteiger partial charge in [0.1, 0.15) is 5.82 Å². The molecule has 1 amide bonds. The van der Waals surface area contributed by atoms with Gasteiger partial charge in [0.2, 0.25) is 0 Å². The molecule has 9 heteroatoms. The quantitative estimate of drug-likeness (QED) is 0.277. The first-order valence-electron chi connectivity index (χ1n) is 12.2. The number of esters is 1. The normalized spacial score (nSPS) is 13.3. The molecule has 5 aromatic rings. The standard InChI is InChI=1S/C30H23FN2O5S/c1-18-7-5-10-22(13-18)39(36,37)33-25-12-4-3-11-23(25)27-26-20(15-24(28(27)33)30(35)38-2)17-32(29(26)34)16-19-8-6-9-21(31)14-19/h3-15H,16-17H2,1-2H3. The van der Waals surface area contributed by atoms with E-state index in [1.54, 1.807) is 66.4 Å². The number of hydrogen-bond donors (Lipinski definition) is 0. The maximum atomic E-state index is 14.1. The molecular formula is C30H23FN2O5S. The summed E-state index contributed by atoms with van der Waals surface area (Å²) in [4.78, 5) is 28.5. The third-order valence-electron chi connectivity index (χ3n) is 7.03. The van der Waals surface area contributed by atoms with Gasteiger partial charge in [-0.25, -0.2) is 21.6 Å². The van der Waals surface area contributed by atoms with Gasteiger partial charge in [0.15, 0.2) is 0 Å². The van der Waals surface area contributed by atoms with Crippen molar-refractivity contribution in [3.63, 3.8) is 0 Å². The Morgan fingerprint density at radius 3 is 2.51 bits per heavy atom. The highest BCUT2D eigenvalue weighted by atomic mass is 32.2. The van der Waals surface area contributed by atoms with E-state index < -0.39 is 21.8 Å². The van der Waals surface area contributed by atoms with Crippen molar-refractivity contribution in [1.29, 1.82) is 0 Å². The molecule has 0 spiro atoms. The fourth-order valence-electron chi connectivity index (χ4n) is 5.37. The summed E-state index contributed by atoms with van der Waals surface area (Å²) in [7, 11) is -2.97. The number of aryl methyl sites for hydroxylation is 1. The van der Waals surface area contributed by atoms with Gasteiger partial charge in [-0.2, -0.15) is 0 Å². The van der Waals surface area contributed by atoms with Gasteiger partial charge in [-0.15, -0.1) is 0 Å². The number of nitrogens with zero attached hydrogens (tertiary/aromatic N) is 2. The summed E-state index contributed by atoms with van der Waals surface area (Å²) < 4.78 is 48.3. The number of para-hydroxylation sites is 1. The van der Waals surface area contributed by atoms with Crippen LogP contribution in [0.25, 0.3) is 21.8 Å². The van der Waals surface area contributed by atoms with Gasteiger partial charge < -0.3 is 9.64 Å². The number of methoxy groups -OCH3 is 1. The first-order chi connectivity index (χ1) is 18.7. The van der Waals surface area contributed by atoms with Crippen LogP contribution in [-0.2, 0) is 27.8 Å². The molecule has 6 rings (SSSR count). The smallest absolute Gasteiger partial charge is 0.340 e. The number of benzene rings is 4. The zero-order valence-electron chi connectivity index (χ0n) is 21.1. The molecular weight excluding hydrogens is 519 g/mol. The number of rotatable bonds is 5. The van der Waals surface area contributed by atoms with Crippen LogP contribution in [0.15, 0.2) is 83.8 Å². The van der Waals surface area contributed by atoms with Gasteiger partial charge in [-0.05, 0) is 60.0 Å². The molecule has 1 aromatic heterocycles. The molecule has 0 atom stereocenters. The number of aromatic nitrogens is 1. The van der Waals surface area contributed by atoms with Crippen molar-refractivity contribution >= 4 is 43.7 Å². The fraction of sp³-hybridized carbons (Fsp3) is 0.133. The minimum Gasteiger partial charge on any atom is -0.465 e. The van der Waals surface area contributed by atoms with Crippen LogP contribution < -0.4 is 0 Å². The van der Waals surface area contributed by atoms with Crippen LogP contribution in [0.4, 0.5) is 4.39 Å². The van der Waals surface area contributed by atoms with Crippen LogP contribution in [0.3, 0.4) is 0 Å². The number of fused-ring (bicyclic) bond motifs is 5. The summed E-state index contributed by atoms with van der Waals surface area (Å²) in [6.45, 7) is 2.12. The van der Waals surface area contributed by atoms with E-state index in [1.165, 1.54) is 31.4 Å². The zero-order chi connectivity index (χ0) is 27.5. The highest BCUT2D eigenvalue weighted by molar-refractivity contribution is 7.90. The topological polar surface area (TPSA) is 85.7 Å². The van der Waals surface area contributed by atoms with Gasteiger partial charge in [-0.1, -0.05) is 42.5 Å². The van der Waals surface area contributed by atoms with E-state index in [0.29, 0.717) is 33.0 Å². The highest BCUT2D eigenvalue weighted by Crippen LogP contribution is 2.41. The summed E-state index contributed by atoms with van der Waals surface area (Å²) >= 11 is 0. The molecule has 196 valence electrons. The molecule has 2 heterocycles. The molecule has 1 aliphatic rings. The monoisotopic (exact) mass is 542 g/mol. The van der Waals surface area contributed by atoms with Crippen LogP contribution in [0.1, 0.15) is 37.4 Å². The molecule has 0 saturated carbocycles. The van der Waals surface area contributed by atoms with E-state index in [-0.39, 0.29) is 35.0 Å². The maximum Gasteiger partial charge on any atom is 0.340 e. The zero-order valence-corrected chi connectivity index (χ0v) is 22.0. The molecule has 0 radical (unpaired) electrons. The second-order valence-electron chi connectivity index (χ2n) is 9.57. The highest BCUT2D eigenvalue weighted by Gasteiger charge is 2.36. The van der Waals surface area contributed by atoms with E-state index in [9.17, 15) is 22.4 Å². The van der Waals surface area contributed by atoms with Crippen LogP contribution in [0, 0.1) is 12.7 Å². The summed E-state index contributed by atoms with van der Waals surface area (Å²) in [6, 6.07) is 20.9. The minimum atomic E-state index is -4.20. The molecule has 4 aromatic carbocycles. The summed E-state index contributed by atoms with van der Waals surface area (Å²) in [5.41, 5.74) is 2.73. The van der Waals surface area contributed by atoms with Crippen molar-refractivity contribution in [2.45, 2.75) is 24.9 Å². The Kier molecular flexibility index (Phi) is 5.76. The number of halogens is 1. The SMILES string of the molecule is COC(=O)c1cc2c(c3c4ccccc4n(S(=O)(=O)c4cccc(C)c4)c13)C(=O)N(Cc1cccc(F)c1)C2. The molecule has 0 N–H and O–H groups in total. The lowest BCUT2D eigenvalue weighted by atomic mass is 9.98. The Bertz CT molecular complexity index is 1940. The van der Waals surface area contributed by atoms with E-state index in [1.807, 2.05) is 0 Å². The van der Waals surface area contributed by atoms with Crippen molar-refractivity contribution in [3.8, 4) is 0 Å². The molecule has 1 aliphatic heterocycles. The van der Waals surface area contributed by atoms with E-state index in [2.05, 4.69) is 0 Å². The van der Waals surface area contributed by atoms with Crippen LogP contribution >= 0.6 is 0 Å². The molecule has 39 heavy (non-hydrogen) atoms. The predicted molar refractivity (Wildman–Crippen MR) is 145 cm³/mol. The van der Waals surface area contributed by atoms with Crippen molar-refractivity contribution in [3.05, 3.63) is 112 Å². The van der Waals surface area contributed by atoms with Gasteiger partial charge >= 0.3 is 5.97 Å². The lowest BCUT2D eigenvalue weighted by Crippen LogP contribution is -2.23. The first-order valence-corrected chi connectivity index (χ1v) is 13.7. The van der Waals surface area contributed by atoms with E-state index in [4.69, 9.17) is 4.74 Å². The van der Waals surface area contributed by atoms with Crippen molar-refractivity contribution < 1.29 is 27.1 Å². The Balaban J connectivity index is 1.66. The predicted octanol–water partition coefficient (Wildman–Crippen LogP) is 5.42. The van der Waals surface area contributed by atoms with Crippen molar-refractivity contribution in [1.82, 2.24) is 8.87 Å². The summed E-state index contributed by atoms with van der Waals surface area (Å²) in [5, 5.41) is 0.887. The van der Waals surface area contributed by atoms with Crippen molar-refractivity contribution in [2.75, 3.05) is 7.11 Å². The van der Waals surface area contributed by atoms with Gasteiger partial charge in [0, 0.05) is 23.9 Å². The van der Waals surface area contributed by atoms with Gasteiger partial charge in [-0.3, -0.25) is 4.79 Å². The van der Waals surface area contributed by atoms with E-state index in [0.717, 1.165) is 9.54 Å². The second-order valence-corrected chi connectivity index (χ2v) is 11.4. The fourth-order valence-corrected chi connectivity index (χ4v) is 7.01. The number of amides is 1. The lowest BCUT2D eigenvalue weighted by Gasteiger charge is -2.15. The number of carbonyl (C=O) groups is 2. The Morgan fingerprint density at radius 1 is 1.00 bits per heavy atom. The lowest BCUT2D eigenvalue weighted by molar-refractivity contribution is 0.0602. The molecule has 0 aliphatic carbocycles. The minimum absolute atomic E-state index is 0.0408. The Morgan fingerprint density at radius 2 is 1.77 bits per heavy atom. The summed E-state index contributed by atoms with van der Waals surface area (Å²) in [6.07, 6.45) is 0. The third-order valence-corrected chi connectivity index (χ3v) is 8.74. The van der Waals surface area contributed by atoms with E-state index >= 15 is 0 Å². The van der Waals surface area contributed by atoms with Crippen LogP contribution in [-0.4, -0.2) is 36.3 Å². The van der Waals surface area contributed by atoms with Crippen molar-refractivity contribution in [2.24, 2.45) is 0 Å². The number of ether oxygens (including phenoxy) is 1.